The zero-order valence-corrected chi connectivity index (χ0v) is 12.9. The number of carbonyl (C=O) groups is 2. The Kier molecular flexibility index (Phi) is 3.15. The molecule has 0 radical (unpaired) electrons. The summed E-state index contributed by atoms with van der Waals surface area (Å²) >= 11 is 0. The van der Waals surface area contributed by atoms with E-state index in [9.17, 15) is 19.8 Å². The van der Waals surface area contributed by atoms with Crippen LogP contribution in [0.2, 0.25) is 0 Å². The summed E-state index contributed by atoms with van der Waals surface area (Å²) < 4.78 is 1.36. The number of hydrogen-bond donors (Lipinski definition) is 3. The zero-order chi connectivity index (χ0) is 17.0. The molecule has 1 amide bonds. The molecule has 122 valence electrons. The molecule has 0 bridgehead atoms. The third kappa shape index (κ3) is 2.07. The quantitative estimate of drug-likeness (QED) is 0.713. The highest BCUT2D eigenvalue weighted by molar-refractivity contribution is 5.96. The fraction of sp³-hybridized carbons (Fsp3) is 0.500. The maximum Gasteiger partial charge on any atom is 0.330 e. The minimum atomic E-state index is -1.55. The van der Waals surface area contributed by atoms with Crippen LogP contribution in [0.15, 0.2) is 12.4 Å². The number of aliphatic hydroxyl groups is 1. The van der Waals surface area contributed by atoms with Gasteiger partial charge in [-0.25, -0.2) is 14.3 Å². The van der Waals surface area contributed by atoms with E-state index in [0.29, 0.717) is 0 Å². The molecule has 0 saturated heterocycles. The lowest BCUT2D eigenvalue weighted by atomic mass is 9.54. The molecule has 2 aromatic rings. The van der Waals surface area contributed by atoms with Crippen molar-refractivity contribution in [1.29, 1.82) is 0 Å². The van der Waals surface area contributed by atoms with Crippen molar-refractivity contribution in [1.82, 2.24) is 24.9 Å². The number of aliphatic hydroxyl groups excluding tert-OH is 1. The third-order valence-corrected chi connectivity index (χ3v) is 4.65. The summed E-state index contributed by atoms with van der Waals surface area (Å²) in [5.74, 6) is -1.83. The van der Waals surface area contributed by atoms with E-state index >= 15 is 0 Å². The molecule has 2 atom stereocenters. The average molecular weight is 319 g/mol. The van der Waals surface area contributed by atoms with Crippen LogP contribution >= 0.6 is 0 Å². The molecule has 1 aliphatic rings. The number of nitrogens with one attached hydrogen (secondary N) is 1. The minimum absolute atomic E-state index is 0.0637. The highest BCUT2D eigenvalue weighted by atomic mass is 16.4. The molecular formula is C14H17N5O4. The Balaban J connectivity index is 1.92. The molecule has 1 aliphatic carbocycles. The molecule has 0 spiro atoms. The zero-order valence-electron chi connectivity index (χ0n) is 12.9. The molecule has 0 aliphatic heterocycles. The smallest absolute Gasteiger partial charge is 0.330 e. The molecule has 3 N–H and O–H groups in total. The standard InChI is InChI=1S/C14H17N5O4/c1-7-5-15-12-16-9(18-19(12)6-7)10(21)17-14(11(22)23)4-8(20)13(14,2)3/h5-6,8,20H,4H2,1-3H3,(H,17,21)(H,22,23). The van der Waals surface area contributed by atoms with E-state index in [0.717, 1.165) is 5.56 Å². The molecule has 1 fully saturated rings. The molecule has 0 aromatic carbocycles. The molecule has 3 rings (SSSR count). The second-order valence-electron chi connectivity index (χ2n) is 6.42. The number of fused-ring (bicyclic) bond motifs is 1. The second kappa shape index (κ2) is 4.72. The fourth-order valence-corrected chi connectivity index (χ4v) is 2.81. The summed E-state index contributed by atoms with van der Waals surface area (Å²) in [5.41, 5.74) is -1.70. The van der Waals surface area contributed by atoms with E-state index in [1.807, 2.05) is 6.92 Å². The molecule has 2 aromatic heterocycles. The summed E-state index contributed by atoms with van der Waals surface area (Å²) in [6, 6.07) is 0. The van der Waals surface area contributed by atoms with E-state index in [4.69, 9.17) is 0 Å². The Bertz CT molecular complexity index is 815. The van der Waals surface area contributed by atoms with Crippen molar-refractivity contribution < 1.29 is 19.8 Å². The van der Waals surface area contributed by atoms with Gasteiger partial charge in [0.1, 0.15) is 5.54 Å². The Morgan fingerprint density at radius 1 is 1.43 bits per heavy atom. The molecule has 9 heteroatoms. The van der Waals surface area contributed by atoms with Crippen molar-refractivity contribution in [2.24, 2.45) is 5.41 Å². The Morgan fingerprint density at radius 3 is 2.70 bits per heavy atom. The van der Waals surface area contributed by atoms with Gasteiger partial charge in [-0.1, -0.05) is 13.8 Å². The van der Waals surface area contributed by atoms with Gasteiger partial charge in [0, 0.05) is 24.2 Å². The van der Waals surface area contributed by atoms with Crippen LogP contribution in [0.5, 0.6) is 0 Å². The first kappa shape index (κ1) is 15.3. The lowest BCUT2D eigenvalue weighted by Crippen LogP contribution is -2.75. The summed E-state index contributed by atoms with van der Waals surface area (Å²) in [6.07, 6.45) is 2.38. The van der Waals surface area contributed by atoms with Crippen molar-refractivity contribution in [2.75, 3.05) is 0 Å². The Morgan fingerprint density at radius 2 is 2.13 bits per heavy atom. The van der Waals surface area contributed by atoms with Crippen molar-refractivity contribution in [3.63, 3.8) is 0 Å². The van der Waals surface area contributed by atoms with Crippen molar-refractivity contribution in [3.05, 3.63) is 23.8 Å². The topological polar surface area (TPSA) is 130 Å². The van der Waals surface area contributed by atoms with Crippen LogP contribution in [0.25, 0.3) is 5.78 Å². The third-order valence-electron chi connectivity index (χ3n) is 4.65. The van der Waals surface area contributed by atoms with Crippen molar-refractivity contribution in [3.8, 4) is 0 Å². The van der Waals surface area contributed by atoms with Gasteiger partial charge in [0.2, 0.25) is 5.82 Å². The number of carboxylic acid groups (broad SMARTS) is 1. The number of amides is 1. The van der Waals surface area contributed by atoms with Crippen LogP contribution in [0, 0.1) is 12.3 Å². The van der Waals surface area contributed by atoms with Crippen LogP contribution in [0.3, 0.4) is 0 Å². The van der Waals surface area contributed by atoms with Crippen molar-refractivity contribution >= 4 is 17.7 Å². The van der Waals surface area contributed by atoms with Crippen LogP contribution in [-0.2, 0) is 4.79 Å². The number of nitrogens with zero attached hydrogens (tertiary/aromatic N) is 4. The SMILES string of the molecule is Cc1cnc2nc(C(=O)NC3(C(=O)O)CC(O)C3(C)C)nn2c1. The van der Waals surface area contributed by atoms with Gasteiger partial charge < -0.3 is 15.5 Å². The van der Waals surface area contributed by atoms with Gasteiger partial charge in [0.05, 0.1) is 6.10 Å². The number of rotatable bonds is 3. The Labute approximate surface area is 131 Å². The summed E-state index contributed by atoms with van der Waals surface area (Å²) in [7, 11) is 0. The van der Waals surface area contributed by atoms with Crippen LogP contribution in [-0.4, -0.2) is 53.3 Å². The second-order valence-corrected chi connectivity index (χ2v) is 6.42. The predicted octanol–water partition coefficient (Wildman–Crippen LogP) is -0.223. The molecule has 2 unspecified atom stereocenters. The van der Waals surface area contributed by atoms with E-state index in [1.54, 1.807) is 26.2 Å². The number of aromatic nitrogens is 4. The van der Waals surface area contributed by atoms with Gasteiger partial charge in [-0.05, 0) is 12.5 Å². The number of aliphatic carboxylic acids is 1. The lowest BCUT2D eigenvalue weighted by Gasteiger charge is -2.56. The number of hydrogen-bond acceptors (Lipinski definition) is 6. The first-order valence-electron chi connectivity index (χ1n) is 7.10. The van der Waals surface area contributed by atoms with Gasteiger partial charge in [0.15, 0.2) is 0 Å². The fourth-order valence-electron chi connectivity index (χ4n) is 2.81. The molecule has 23 heavy (non-hydrogen) atoms. The summed E-state index contributed by atoms with van der Waals surface area (Å²) in [6.45, 7) is 5.01. The highest BCUT2D eigenvalue weighted by Crippen LogP contribution is 2.49. The van der Waals surface area contributed by atoms with Gasteiger partial charge >= 0.3 is 5.97 Å². The first-order valence-corrected chi connectivity index (χ1v) is 7.10. The normalized spacial score (nSPS) is 25.8. The maximum atomic E-state index is 12.4. The van der Waals surface area contributed by atoms with Crippen molar-refractivity contribution in [2.45, 2.75) is 38.8 Å². The van der Waals surface area contributed by atoms with E-state index in [1.165, 1.54) is 4.52 Å². The minimum Gasteiger partial charge on any atom is -0.479 e. The summed E-state index contributed by atoms with van der Waals surface area (Å²) in [5, 5.41) is 25.8. The van der Waals surface area contributed by atoms with Crippen LogP contribution in [0.1, 0.15) is 36.5 Å². The number of carbonyl (C=O) groups excluding carboxylic acids is 1. The van der Waals surface area contributed by atoms with E-state index in [2.05, 4.69) is 20.4 Å². The molecular weight excluding hydrogens is 302 g/mol. The number of aryl methyl sites for hydroxylation is 1. The van der Waals surface area contributed by atoms with Gasteiger partial charge in [-0.3, -0.25) is 4.79 Å². The lowest BCUT2D eigenvalue weighted by molar-refractivity contribution is -0.180. The van der Waals surface area contributed by atoms with Crippen LogP contribution in [0.4, 0.5) is 0 Å². The monoisotopic (exact) mass is 319 g/mol. The molecule has 9 nitrogen and oxygen atoms in total. The first-order chi connectivity index (χ1) is 10.7. The van der Waals surface area contributed by atoms with Gasteiger partial charge in [-0.15, -0.1) is 5.10 Å². The Hall–Kier alpha value is -2.55. The largest absolute Gasteiger partial charge is 0.479 e. The maximum absolute atomic E-state index is 12.4. The van der Waals surface area contributed by atoms with Gasteiger partial charge in [-0.2, -0.15) is 4.98 Å². The number of carboxylic acids is 1. The van der Waals surface area contributed by atoms with Crippen LogP contribution < -0.4 is 5.32 Å². The summed E-state index contributed by atoms with van der Waals surface area (Å²) in [4.78, 5) is 32.1. The highest BCUT2D eigenvalue weighted by Gasteiger charge is 2.65. The van der Waals surface area contributed by atoms with E-state index < -0.39 is 28.9 Å². The molecule has 1 saturated carbocycles. The van der Waals surface area contributed by atoms with Gasteiger partial charge in [0.25, 0.3) is 11.7 Å². The van der Waals surface area contributed by atoms with E-state index in [-0.39, 0.29) is 18.0 Å². The average Bonchev–Trinajstić information content (AvgIpc) is 2.89. The predicted molar refractivity (Wildman–Crippen MR) is 77.8 cm³/mol. The molecule has 2 heterocycles.